The van der Waals surface area contributed by atoms with Gasteiger partial charge < -0.3 is 14.5 Å². The van der Waals surface area contributed by atoms with E-state index in [9.17, 15) is 4.79 Å². The van der Waals surface area contributed by atoms with Crippen LogP contribution in [0.1, 0.15) is 82.5 Å². The van der Waals surface area contributed by atoms with Gasteiger partial charge in [-0.1, -0.05) is 76.2 Å². The van der Waals surface area contributed by atoms with Gasteiger partial charge >= 0.3 is 5.97 Å². The number of aromatic nitrogens is 1. The lowest BCUT2D eigenvalue weighted by molar-refractivity contribution is -0.168. The van der Waals surface area contributed by atoms with Gasteiger partial charge in [0.25, 0.3) is 0 Å². The van der Waals surface area contributed by atoms with E-state index in [4.69, 9.17) is 9.47 Å². The molecule has 1 aliphatic heterocycles. The number of nitrogens with one attached hydrogen (secondary N) is 1. The Bertz CT molecular complexity index is 1280. The lowest BCUT2D eigenvalue weighted by Crippen LogP contribution is -2.42. The molecule has 3 aromatic rings. The smallest absolute Gasteiger partial charge is 0.309 e. The summed E-state index contributed by atoms with van der Waals surface area (Å²) in [6.45, 7) is 9.78. The van der Waals surface area contributed by atoms with E-state index in [-0.39, 0.29) is 35.2 Å². The molecule has 4 heteroatoms. The normalized spacial score (nSPS) is 32.5. The fourth-order valence-electron chi connectivity index (χ4n) is 7.71. The molecule has 4 nitrogen and oxygen atoms in total. The van der Waals surface area contributed by atoms with Crippen LogP contribution in [0.15, 0.2) is 54.6 Å². The van der Waals surface area contributed by atoms with E-state index in [0.717, 1.165) is 36.9 Å². The molecule has 36 heavy (non-hydrogen) atoms. The van der Waals surface area contributed by atoms with Crippen molar-refractivity contribution in [2.75, 3.05) is 6.61 Å². The average Bonchev–Trinajstić information content (AvgIpc) is 3.43. The Morgan fingerprint density at radius 3 is 2.53 bits per heavy atom. The first-order valence-corrected chi connectivity index (χ1v) is 13.8. The summed E-state index contributed by atoms with van der Waals surface area (Å²) in [6.07, 6.45) is 5.27. The molecule has 4 unspecified atom stereocenters. The molecular weight excluding hydrogens is 446 g/mol. The van der Waals surface area contributed by atoms with Crippen molar-refractivity contribution < 1.29 is 14.3 Å². The number of ether oxygens (including phenoxy) is 2. The number of rotatable bonds is 6. The second kappa shape index (κ2) is 8.48. The SMILES string of the molecule is CC[C@@]1(CC(=O)OC2CC3CCC2(C)C3(C)C)OCC(Cc2ccccc2)c2c1[nH]c1ccccc21. The Morgan fingerprint density at radius 2 is 1.83 bits per heavy atom. The number of hydrogen-bond donors (Lipinski definition) is 1. The minimum Gasteiger partial charge on any atom is -0.462 e. The summed E-state index contributed by atoms with van der Waals surface area (Å²) in [5, 5.41) is 1.24. The first-order valence-electron chi connectivity index (χ1n) is 13.8. The van der Waals surface area contributed by atoms with Crippen LogP contribution in [0.25, 0.3) is 10.9 Å². The van der Waals surface area contributed by atoms with Crippen molar-refractivity contribution in [1.82, 2.24) is 4.98 Å². The quantitative estimate of drug-likeness (QED) is 0.373. The Balaban J connectivity index is 1.31. The van der Waals surface area contributed by atoms with Crippen LogP contribution in [0, 0.1) is 16.7 Å². The number of para-hydroxylation sites is 1. The summed E-state index contributed by atoms with van der Waals surface area (Å²) in [4.78, 5) is 17.2. The molecule has 0 spiro atoms. The van der Waals surface area contributed by atoms with Crippen molar-refractivity contribution in [2.24, 2.45) is 16.7 Å². The summed E-state index contributed by atoms with van der Waals surface area (Å²) < 4.78 is 13.0. The van der Waals surface area contributed by atoms with Gasteiger partial charge in [0, 0.05) is 22.2 Å². The highest BCUT2D eigenvalue weighted by molar-refractivity contribution is 5.86. The zero-order valence-corrected chi connectivity index (χ0v) is 22.1. The molecule has 2 bridgehead atoms. The van der Waals surface area contributed by atoms with Crippen LogP contribution in [0.3, 0.4) is 0 Å². The third-order valence-electron chi connectivity index (χ3n) is 10.5. The van der Waals surface area contributed by atoms with E-state index in [1.165, 1.54) is 22.9 Å². The number of H-pyrrole nitrogens is 1. The highest BCUT2D eigenvalue weighted by Gasteiger charge is 2.63. The average molecular weight is 486 g/mol. The summed E-state index contributed by atoms with van der Waals surface area (Å²) in [7, 11) is 0. The van der Waals surface area contributed by atoms with E-state index in [2.05, 4.69) is 87.3 Å². The third-order valence-corrected chi connectivity index (χ3v) is 10.5. The molecule has 2 heterocycles. The van der Waals surface area contributed by atoms with Crippen LogP contribution in [0.2, 0.25) is 0 Å². The molecule has 2 saturated carbocycles. The van der Waals surface area contributed by atoms with Gasteiger partial charge in [-0.05, 0) is 60.6 Å². The zero-order valence-electron chi connectivity index (χ0n) is 22.1. The van der Waals surface area contributed by atoms with Gasteiger partial charge in [-0.25, -0.2) is 0 Å². The maximum atomic E-state index is 13.5. The van der Waals surface area contributed by atoms with Crippen LogP contribution >= 0.6 is 0 Å². The molecule has 0 radical (unpaired) electrons. The van der Waals surface area contributed by atoms with E-state index in [1.54, 1.807) is 0 Å². The number of fused-ring (bicyclic) bond motifs is 5. The van der Waals surface area contributed by atoms with Crippen molar-refractivity contribution in [3.05, 3.63) is 71.4 Å². The molecule has 0 amide bonds. The van der Waals surface area contributed by atoms with Crippen LogP contribution in [0.5, 0.6) is 0 Å². The summed E-state index contributed by atoms with van der Waals surface area (Å²) in [5.41, 5.74) is 4.38. The largest absolute Gasteiger partial charge is 0.462 e. The van der Waals surface area contributed by atoms with Crippen LogP contribution in [-0.4, -0.2) is 23.7 Å². The minimum atomic E-state index is -0.688. The monoisotopic (exact) mass is 485 g/mol. The Kier molecular flexibility index (Phi) is 5.60. The number of carbonyl (C=O) groups excluding carboxylic acids is 1. The van der Waals surface area contributed by atoms with Crippen molar-refractivity contribution in [3.8, 4) is 0 Å². The first-order chi connectivity index (χ1) is 17.3. The number of aromatic amines is 1. The van der Waals surface area contributed by atoms with E-state index < -0.39 is 5.60 Å². The fraction of sp³-hybridized carbons (Fsp3) is 0.531. The lowest BCUT2D eigenvalue weighted by Gasteiger charge is -2.41. The van der Waals surface area contributed by atoms with E-state index >= 15 is 0 Å². The number of esters is 1. The van der Waals surface area contributed by atoms with Gasteiger partial charge in [-0.15, -0.1) is 0 Å². The maximum Gasteiger partial charge on any atom is 0.309 e. The third kappa shape index (κ3) is 3.48. The van der Waals surface area contributed by atoms with Crippen molar-refractivity contribution in [1.29, 1.82) is 0 Å². The first kappa shape index (κ1) is 23.8. The summed E-state index contributed by atoms with van der Waals surface area (Å²) >= 11 is 0. The van der Waals surface area contributed by atoms with Gasteiger partial charge in [0.1, 0.15) is 11.7 Å². The topological polar surface area (TPSA) is 51.3 Å². The molecule has 190 valence electrons. The van der Waals surface area contributed by atoms with Crippen LogP contribution in [0.4, 0.5) is 0 Å². The predicted molar refractivity (Wildman–Crippen MR) is 143 cm³/mol. The Labute approximate surface area is 214 Å². The number of hydrogen-bond acceptors (Lipinski definition) is 3. The number of carbonyl (C=O) groups is 1. The Hall–Kier alpha value is -2.59. The maximum absolute atomic E-state index is 13.5. The van der Waals surface area contributed by atoms with Gasteiger partial charge in [-0.2, -0.15) is 0 Å². The van der Waals surface area contributed by atoms with Gasteiger partial charge in [0.05, 0.1) is 18.7 Å². The Morgan fingerprint density at radius 1 is 1.08 bits per heavy atom. The highest BCUT2D eigenvalue weighted by atomic mass is 16.6. The van der Waals surface area contributed by atoms with Crippen molar-refractivity contribution in [2.45, 2.75) is 83.8 Å². The standard InChI is InChI=1S/C32H39NO3/c1-5-32(19-27(34)36-26-18-23-15-16-31(26,4)30(23,2)3)29-28(24-13-9-10-14-25(24)33-29)22(20-35-32)17-21-11-7-6-8-12-21/h6-14,22-23,26,33H,5,15-20H2,1-4H3/t22?,23?,26?,31?,32-/m0/s1. The van der Waals surface area contributed by atoms with E-state index in [0.29, 0.717) is 12.5 Å². The van der Waals surface area contributed by atoms with Gasteiger partial charge in [0.2, 0.25) is 0 Å². The second-order valence-corrected chi connectivity index (χ2v) is 12.3. The molecule has 5 atom stereocenters. The number of benzene rings is 2. The lowest BCUT2D eigenvalue weighted by atomic mass is 9.70. The van der Waals surface area contributed by atoms with E-state index in [1.807, 2.05) is 0 Å². The molecule has 1 N–H and O–H groups in total. The fourth-order valence-corrected chi connectivity index (χ4v) is 7.71. The molecular formula is C32H39NO3. The van der Waals surface area contributed by atoms with Gasteiger partial charge in [0.15, 0.2) is 0 Å². The van der Waals surface area contributed by atoms with Crippen molar-refractivity contribution >= 4 is 16.9 Å². The van der Waals surface area contributed by atoms with Crippen molar-refractivity contribution in [3.63, 3.8) is 0 Å². The zero-order chi connectivity index (χ0) is 25.1. The second-order valence-electron chi connectivity index (χ2n) is 12.3. The van der Waals surface area contributed by atoms with Crippen LogP contribution < -0.4 is 0 Å². The molecule has 2 fully saturated rings. The molecule has 0 saturated heterocycles. The highest BCUT2D eigenvalue weighted by Crippen LogP contribution is 2.66. The summed E-state index contributed by atoms with van der Waals surface area (Å²) in [6, 6.07) is 19.1. The van der Waals surface area contributed by atoms with Gasteiger partial charge in [-0.3, -0.25) is 4.79 Å². The summed E-state index contributed by atoms with van der Waals surface area (Å²) in [5.74, 6) is 0.752. The van der Waals surface area contributed by atoms with Crippen LogP contribution in [-0.2, 0) is 26.3 Å². The molecule has 3 aliphatic rings. The predicted octanol–water partition coefficient (Wildman–Crippen LogP) is 7.28. The molecule has 2 aromatic carbocycles. The molecule has 1 aromatic heterocycles. The molecule has 2 aliphatic carbocycles. The molecule has 6 rings (SSSR count). The minimum absolute atomic E-state index is 0.00394.